The van der Waals surface area contributed by atoms with E-state index in [1.807, 2.05) is 24.7 Å². The third kappa shape index (κ3) is 3.52. The van der Waals surface area contributed by atoms with Crippen LogP contribution in [0.15, 0.2) is 39.1 Å². The fourth-order valence-corrected chi connectivity index (χ4v) is 3.05. The molecule has 2 rings (SSSR count). The SMILES string of the molecule is C=C(C)CN=c1scc(C)n1/N=C/c1sccc1C. The predicted molar refractivity (Wildman–Crippen MR) is 84.3 cm³/mol. The van der Waals surface area contributed by atoms with Crippen LogP contribution in [0.4, 0.5) is 0 Å². The Labute approximate surface area is 121 Å². The number of thiophene rings is 1. The van der Waals surface area contributed by atoms with Crippen molar-refractivity contribution >= 4 is 28.9 Å². The first-order valence-electron chi connectivity index (χ1n) is 5.98. The first-order valence-corrected chi connectivity index (χ1v) is 7.74. The maximum Gasteiger partial charge on any atom is 0.206 e. The molecular weight excluding hydrogens is 274 g/mol. The zero-order valence-corrected chi connectivity index (χ0v) is 13.0. The van der Waals surface area contributed by atoms with E-state index in [1.165, 1.54) is 10.4 Å². The normalized spacial score (nSPS) is 12.5. The first-order chi connectivity index (χ1) is 9.08. The summed E-state index contributed by atoms with van der Waals surface area (Å²) in [6.45, 7) is 10.6. The van der Waals surface area contributed by atoms with Gasteiger partial charge < -0.3 is 0 Å². The summed E-state index contributed by atoms with van der Waals surface area (Å²) in [5.41, 5.74) is 3.40. The van der Waals surface area contributed by atoms with Gasteiger partial charge in [-0.25, -0.2) is 4.68 Å². The summed E-state index contributed by atoms with van der Waals surface area (Å²) in [6.07, 6.45) is 1.90. The lowest BCUT2D eigenvalue weighted by molar-refractivity contribution is 0.796. The summed E-state index contributed by atoms with van der Waals surface area (Å²) >= 11 is 3.30. The van der Waals surface area contributed by atoms with Gasteiger partial charge in [0, 0.05) is 5.38 Å². The Hall–Kier alpha value is -1.46. The Bertz CT molecular complexity index is 671. The summed E-state index contributed by atoms with van der Waals surface area (Å²) in [4.78, 5) is 6.61. The molecule has 0 N–H and O–H groups in total. The number of aromatic nitrogens is 1. The highest BCUT2D eigenvalue weighted by Crippen LogP contribution is 2.12. The first kappa shape index (κ1) is 14.0. The van der Waals surface area contributed by atoms with Crippen molar-refractivity contribution in [1.82, 2.24) is 4.68 Å². The van der Waals surface area contributed by atoms with Crippen LogP contribution in [0.5, 0.6) is 0 Å². The van der Waals surface area contributed by atoms with Crippen molar-refractivity contribution < 1.29 is 0 Å². The van der Waals surface area contributed by atoms with Crippen LogP contribution in [0.2, 0.25) is 0 Å². The lowest BCUT2D eigenvalue weighted by Crippen LogP contribution is -2.12. The van der Waals surface area contributed by atoms with Crippen molar-refractivity contribution in [1.29, 1.82) is 0 Å². The van der Waals surface area contributed by atoms with Crippen LogP contribution in [-0.2, 0) is 0 Å². The molecule has 5 heteroatoms. The van der Waals surface area contributed by atoms with Crippen LogP contribution in [-0.4, -0.2) is 17.4 Å². The smallest absolute Gasteiger partial charge is 0.206 e. The van der Waals surface area contributed by atoms with Gasteiger partial charge in [0.1, 0.15) is 0 Å². The van der Waals surface area contributed by atoms with E-state index in [1.54, 1.807) is 22.7 Å². The van der Waals surface area contributed by atoms with E-state index < -0.39 is 0 Å². The number of nitrogens with zero attached hydrogens (tertiary/aromatic N) is 3. The molecule has 0 spiro atoms. The second-order valence-electron chi connectivity index (χ2n) is 4.46. The Morgan fingerprint density at radius 3 is 2.84 bits per heavy atom. The van der Waals surface area contributed by atoms with E-state index in [2.05, 4.69) is 40.4 Å². The van der Waals surface area contributed by atoms with E-state index in [0.717, 1.165) is 16.1 Å². The lowest BCUT2D eigenvalue weighted by Gasteiger charge is -1.97. The van der Waals surface area contributed by atoms with Gasteiger partial charge in [0.05, 0.1) is 23.3 Å². The van der Waals surface area contributed by atoms with Crippen LogP contribution in [0.3, 0.4) is 0 Å². The minimum atomic E-state index is 0.646. The predicted octanol–water partition coefficient (Wildman–Crippen LogP) is 3.59. The summed E-state index contributed by atoms with van der Waals surface area (Å²) in [5, 5.41) is 8.68. The van der Waals surface area contributed by atoms with E-state index in [9.17, 15) is 0 Å². The molecule has 0 atom stereocenters. The maximum absolute atomic E-state index is 4.54. The van der Waals surface area contributed by atoms with Crippen molar-refractivity contribution in [3.63, 3.8) is 0 Å². The van der Waals surface area contributed by atoms with Crippen molar-refractivity contribution in [2.24, 2.45) is 10.1 Å². The van der Waals surface area contributed by atoms with E-state index in [-0.39, 0.29) is 0 Å². The highest BCUT2D eigenvalue weighted by molar-refractivity contribution is 7.11. The van der Waals surface area contributed by atoms with E-state index in [4.69, 9.17) is 0 Å². The molecule has 0 aromatic carbocycles. The van der Waals surface area contributed by atoms with Gasteiger partial charge in [0.2, 0.25) is 4.80 Å². The van der Waals surface area contributed by atoms with Crippen molar-refractivity contribution in [2.75, 3.05) is 6.54 Å². The maximum atomic E-state index is 4.54. The molecule has 3 nitrogen and oxygen atoms in total. The average Bonchev–Trinajstić information content (AvgIpc) is 2.91. The fourth-order valence-electron chi connectivity index (χ4n) is 1.46. The molecule has 0 unspecified atom stereocenters. The second-order valence-corrected chi connectivity index (χ2v) is 6.24. The molecule has 0 aliphatic rings. The summed E-state index contributed by atoms with van der Waals surface area (Å²) in [7, 11) is 0. The lowest BCUT2D eigenvalue weighted by atomic mass is 10.3. The minimum absolute atomic E-state index is 0.646. The summed E-state index contributed by atoms with van der Waals surface area (Å²) in [6, 6.07) is 2.10. The van der Waals surface area contributed by atoms with E-state index >= 15 is 0 Å². The standard InChI is InChI=1S/C14H17N3S2/c1-10(2)7-15-14-17(12(4)9-19-14)16-8-13-11(3)5-6-18-13/h5-6,8-9H,1,7H2,2-4H3/b15-14?,16-8+. The van der Waals surface area contributed by atoms with Gasteiger partial charge in [-0.2, -0.15) is 5.10 Å². The quantitative estimate of drug-likeness (QED) is 0.609. The van der Waals surface area contributed by atoms with Gasteiger partial charge in [-0.05, 0) is 37.8 Å². The third-order valence-corrected chi connectivity index (χ3v) is 4.45. The monoisotopic (exact) mass is 291 g/mol. The molecule has 0 amide bonds. The molecule has 0 aliphatic carbocycles. The van der Waals surface area contributed by atoms with Gasteiger partial charge in [-0.3, -0.25) is 4.99 Å². The molecule has 0 fully saturated rings. The zero-order chi connectivity index (χ0) is 13.8. The Balaban J connectivity index is 2.32. The number of rotatable bonds is 4. The number of thiazole rings is 1. The van der Waals surface area contributed by atoms with Gasteiger partial charge in [-0.1, -0.05) is 12.2 Å². The Kier molecular flexibility index (Phi) is 4.50. The van der Waals surface area contributed by atoms with Crippen molar-refractivity contribution in [3.05, 3.63) is 49.9 Å². The molecule has 2 aromatic heterocycles. The number of hydrogen-bond acceptors (Lipinski definition) is 4. The van der Waals surface area contributed by atoms with Crippen molar-refractivity contribution in [3.8, 4) is 0 Å². The molecule has 0 saturated carbocycles. The number of hydrogen-bond donors (Lipinski definition) is 0. The van der Waals surface area contributed by atoms with Gasteiger partial charge in [-0.15, -0.1) is 22.7 Å². The molecule has 19 heavy (non-hydrogen) atoms. The van der Waals surface area contributed by atoms with Gasteiger partial charge in [0.15, 0.2) is 0 Å². The molecule has 0 saturated heterocycles. The van der Waals surface area contributed by atoms with Gasteiger partial charge in [0.25, 0.3) is 0 Å². The van der Waals surface area contributed by atoms with Gasteiger partial charge >= 0.3 is 0 Å². The van der Waals surface area contributed by atoms with E-state index in [0.29, 0.717) is 6.54 Å². The largest absolute Gasteiger partial charge is 0.253 e. The highest BCUT2D eigenvalue weighted by Gasteiger charge is 2.00. The second kappa shape index (κ2) is 6.12. The van der Waals surface area contributed by atoms with Crippen LogP contribution in [0, 0.1) is 13.8 Å². The third-order valence-electron chi connectivity index (χ3n) is 2.53. The molecule has 0 aliphatic heterocycles. The van der Waals surface area contributed by atoms with Crippen LogP contribution in [0.1, 0.15) is 23.1 Å². The Morgan fingerprint density at radius 1 is 1.42 bits per heavy atom. The molecule has 2 heterocycles. The highest BCUT2D eigenvalue weighted by atomic mass is 32.1. The number of aryl methyl sites for hydroxylation is 2. The molecule has 2 aromatic rings. The van der Waals surface area contributed by atoms with Crippen LogP contribution < -0.4 is 4.80 Å². The topological polar surface area (TPSA) is 29.6 Å². The Morgan fingerprint density at radius 2 is 2.21 bits per heavy atom. The molecule has 0 bridgehead atoms. The summed E-state index contributed by atoms with van der Waals surface area (Å²) < 4.78 is 1.88. The van der Waals surface area contributed by atoms with Crippen molar-refractivity contribution in [2.45, 2.75) is 20.8 Å². The fraction of sp³-hybridized carbons (Fsp3) is 0.286. The average molecular weight is 291 g/mol. The molecular formula is C14H17N3S2. The van der Waals surface area contributed by atoms with Crippen LogP contribution >= 0.6 is 22.7 Å². The zero-order valence-electron chi connectivity index (χ0n) is 11.4. The minimum Gasteiger partial charge on any atom is -0.253 e. The molecule has 0 radical (unpaired) electrons. The summed E-state index contributed by atoms with van der Waals surface area (Å²) in [5.74, 6) is 0. The molecule has 100 valence electrons. The van der Waals surface area contributed by atoms with Crippen LogP contribution in [0.25, 0.3) is 0 Å².